The van der Waals surface area contributed by atoms with Crippen LogP contribution in [-0.4, -0.2) is 7.11 Å². The third kappa shape index (κ3) is 3.22. The van der Waals surface area contributed by atoms with E-state index in [1.807, 2.05) is 31.2 Å². The van der Waals surface area contributed by atoms with Crippen molar-refractivity contribution >= 4 is 5.69 Å². The fourth-order valence-electron chi connectivity index (χ4n) is 1.83. The molecule has 100 valence electrons. The lowest BCUT2D eigenvalue weighted by molar-refractivity contribution is 0.414. The van der Waals surface area contributed by atoms with Crippen LogP contribution in [0, 0.1) is 11.6 Å². The van der Waals surface area contributed by atoms with E-state index < -0.39 is 11.6 Å². The first-order valence-electron chi connectivity index (χ1n) is 5.95. The summed E-state index contributed by atoms with van der Waals surface area (Å²) in [6, 6.07) is 10.9. The van der Waals surface area contributed by atoms with Gasteiger partial charge >= 0.3 is 0 Å². The molecule has 2 nitrogen and oxygen atoms in total. The molecule has 2 rings (SSSR count). The van der Waals surface area contributed by atoms with Crippen molar-refractivity contribution in [1.82, 2.24) is 0 Å². The van der Waals surface area contributed by atoms with Crippen LogP contribution in [0.1, 0.15) is 18.5 Å². The van der Waals surface area contributed by atoms with Gasteiger partial charge in [0.25, 0.3) is 0 Å². The first-order chi connectivity index (χ1) is 9.10. The number of nitrogens with one attached hydrogen (secondary N) is 1. The fourth-order valence-corrected chi connectivity index (χ4v) is 1.83. The van der Waals surface area contributed by atoms with Crippen molar-refractivity contribution in [3.05, 3.63) is 59.7 Å². The molecule has 1 atom stereocenters. The van der Waals surface area contributed by atoms with Crippen molar-refractivity contribution < 1.29 is 13.5 Å². The maximum atomic E-state index is 13.5. The van der Waals surface area contributed by atoms with Crippen molar-refractivity contribution in [2.75, 3.05) is 12.4 Å². The van der Waals surface area contributed by atoms with Gasteiger partial charge in [0.2, 0.25) is 0 Å². The molecule has 2 aromatic rings. The zero-order chi connectivity index (χ0) is 13.8. The summed E-state index contributed by atoms with van der Waals surface area (Å²) in [4.78, 5) is 0. The Hall–Kier alpha value is -2.10. The number of halogens is 2. The molecule has 0 heterocycles. The van der Waals surface area contributed by atoms with Crippen molar-refractivity contribution in [3.63, 3.8) is 0 Å². The standard InChI is InChI=1S/C15H15F2NO/c1-10(11-4-3-5-13(8-11)19-2)18-15-7-6-12(16)9-14(15)17/h3-10,18H,1-2H3. The molecule has 0 saturated carbocycles. The number of hydrogen-bond donors (Lipinski definition) is 1. The number of hydrogen-bond acceptors (Lipinski definition) is 2. The van der Waals surface area contributed by atoms with Gasteiger partial charge in [0, 0.05) is 12.1 Å². The molecule has 0 aliphatic rings. The molecule has 1 N–H and O–H groups in total. The van der Waals surface area contributed by atoms with E-state index in [0.717, 1.165) is 17.4 Å². The van der Waals surface area contributed by atoms with Gasteiger partial charge in [-0.1, -0.05) is 12.1 Å². The molecular weight excluding hydrogens is 248 g/mol. The van der Waals surface area contributed by atoms with Crippen molar-refractivity contribution in [2.45, 2.75) is 13.0 Å². The molecular formula is C15H15F2NO. The number of benzene rings is 2. The summed E-state index contributed by atoms with van der Waals surface area (Å²) in [6.45, 7) is 1.90. The Kier molecular flexibility index (Phi) is 4.00. The average Bonchev–Trinajstić information content (AvgIpc) is 2.42. The molecule has 0 amide bonds. The van der Waals surface area contributed by atoms with Crippen LogP contribution in [0.2, 0.25) is 0 Å². The van der Waals surface area contributed by atoms with Gasteiger partial charge in [0.05, 0.1) is 12.8 Å². The van der Waals surface area contributed by atoms with Crippen LogP contribution in [-0.2, 0) is 0 Å². The molecule has 0 aliphatic heterocycles. The lowest BCUT2D eigenvalue weighted by atomic mass is 10.1. The monoisotopic (exact) mass is 263 g/mol. The predicted molar refractivity (Wildman–Crippen MR) is 71.4 cm³/mol. The Morgan fingerprint density at radius 1 is 1.11 bits per heavy atom. The van der Waals surface area contributed by atoms with Crippen LogP contribution in [0.4, 0.5) is 14.5 Å². The first kappa shape index (κ1) is 13.3. The third-order valence-corrected chi connectivity index (χ3v) is 2.90. The van der Waals surface area contributed by atoms with E-state index in [0.29, 0.717) is 0 Å². The molecule has 4 heteroatoms. The highest BCUT2D eigenvalue weighted by molar-refractivity contribution is 5.47. The van der Waals surface area contributed by atoms with Gasteiger partial charge in [-0.2, -0.15) is 0 Å². The van der Waals surface area contributed by atoms with Crippen LogP contribution < -0.4 is 10.1 Å². The average molecular weight is 263 g/mol. The van der Waals surface area contributed by atoms with Gasteiger partial charge < -0.3 is 10.1 Å². The van der Waals surface area contributed by atoms with Crippen LogP contribution in [0.3, 0.4) is 0 Å². The maximum absolute atomic E-state index is 13.5. The Balaban J connectivity index is 2.17. The van der Waals surface area contributed by atoms with Gasteiger partial charge in [-0.3, -0.25) is 0 Å². The molecule has 1 unspecified atom stereocenters. The molecule has 0 radical (unpaired) electrons. The highest BCUT2D eigenvalue weighted by Gasteiger charge is 2.09. The molecule has 0 fully saturated rings. The number of ether oxygens (including phenoxy) is 1. The summed E-state index contributed by atoms with van der Waals surface area (Å²) >= 11 is 0. The zero-order valence-corrected chi connectivity index (χ0v) is 10.8. The minimum absolute atomic E-state index is 0.116. The van der Waals surface area contributed by atoms with Crippen LogP contribution in [0.5, 0.6) is 5.75 Å². The zero-order valence-electron chi connectivity index (χ0n) is 10.8. The number of rotatable bonds is 4. The van der Waals surface area contributed by atoms with E-state index in [4.69, 9.17) is 4.74 Å². The lowest BCUT2D eigenvalue weighted by Crippen LogP contribution is -2.08. The van der Waals surface area contributed by atoms with Gasteiger partial charge in [-0.15, -0.1) is 0 Å². The molecule has 0 aromatic heterocycles. The fraction of sp³-hybridized carbons (Fsp3) is 0.200. The normalized spacial score (nSPS) is 12.0. The van der Waals surface area contributed by atoms with Crippen molar-refractivity contribution in [3.8, 4) is 5.75 Å². The molecule has 0 spiro atoms. The summed E-state index contributed by atoms with van der Waals surface area (Å²) in [5.41, 5.74) is 1.24. The molecule has 19 heavy (non-hydrogen) atoms. The van der Waals surface area contributed by atoms with Gasteiger partial charge in [-0.25, -0.2) is 8.78 Å². The Labute approximate surface area is 111 Å². The van der Waals surface area contributed by atoms with Crippen LogP contribution in [0.25, 0.3) is 0 Å². The highest BCUT2D eigenvalue weighted by Crippen LogP contribution is 2.24. The minimum Gasteiger partial charge on any atom is -0.497 e. The lowest BCUT2D eigenvalue weighted by Gasteiger charge is -2.17. The number of methoxy groups -OCH3 is 1. The molecule has 0 aliphatic carbocycles. The van der Waals surface area contributed by atoms with Crippen molar-refractivity contribution in [2.24, 2.45) is 0 Å². The first-order valence-corrected chi connectivity index (χ1v) is 5.95. The summed E-state index contributed by atoms with van der Waals surface area (Å²) < 4.78 is 31.5. The summed E-state index contributed by atoms with van der Waals surface area (Å²) in [7, 11) is 1.59. The van der Waals surface area contributed by atoms with E-state index >= 15 is 0 Å². The molecule has 0 bridgehead atoms. The van der Waals surface area contributed by atoms with Crippen molar-refractivity contribution in [1.29, 1.82) is 0 Å². The Bertz CT molecular complexity index is 572. The van der Waals surface area contributed by atoms with Gasteiger partial charge in [0.15, 0.2) is 0 Å². The second-order valence-corrected chi connectivity index (χ2v) is 4.27. The van der Waals surface area contributed by atoms with E-state index in [-0.39, 0.29) is 11.7 Å². The smallest absolute Gasteiger partial charge is 0.149 e. The van der Waals surface area contributed by atoms with E-state index in [1.165, 1.54) is 12.1 Å². The second kappa shape index (κ2) is 5.69. The topological polar surface area (TPSA) is 21.3 Å². The Morgan fingerprint density at radius 2 is 1.89 bits per heavy atom. The minimum atomic E-state index is -0.602. The second-order valence-electron chi connectivity index (χ2n) is 4.27. The number of anilines is 1. The van der Waals surface area contributed by atoms with E-state index in [1.54, 1.807) is 7.11 Å². The van der Waals surface area contributed by atoms with E-state index in [9.17, 15) is 8.78 Å². The predicted octanol–water partition coefficient (Wildman–Crippen LogP) is 4.15. The maximum Gasteiger partial charge on any atom is 0.149 e. The van der Waals surface area contributed by atoms with Gasteiger partial charge in [0.1, 0.15) is 17.4 Å². The summed E-state index contributed by atoms with van der Waals surface area (Å²) in [6.07, 6.45) is 0. The Morgan fingerprint density at radius 3 is 2.58 bits per heavy atom. The largest absolute Gasteiger partial charge is 0.497 e. The van der Waals surface area contributed by atoms with Gasteiger partial charge in [-0.05, 0) is 36.8 Å². The quantitative estimate of drug-likeness (QED) is 0.894. The van der Waals surface area contributed by atoms with E-state index in [2.05, 4.69) is 5.32 Å². The summed E-state index contributed by atoms with van der Waals surface area (Å²) in [5.74, 6) is -0.447. The highest BCUT2D eigenvalue weighted by atomic mass is 19.1. The van der Waals surface area contributed by atoms with Crippen LogP contribution >= 0.6 is 0 Å². The summed E-state index contributed by atoms with van der Waals surface area (Å²) in [5, 5.41) is 3.01. The van der Waals surface area contributed by atoms with Crippen LogP contribution in [0.15, 0.2) is 42.5 Å². The molecule has 0 saturated heterocycles. The SMILES string of the molecule is COc1cccc(C(C)Nc2ccc(F)cc2F)c1. The third-order valence-electron chi connectivity index (χ3n) is 2.90. The molecule has 2 aromatic carbocycles.